The molecule has 3 rings (SSSR count). The van der Waals surface area contributed by atoms with Gasteiger partial charge in [-0.15, -0.1) is 10.2 Å². The van der Waals surface area contributed by atoms with Crippen LogP contribution >= 0.6 is 35.0 Å². The number of hydrogen-bond acceptors (Lipinski definition) is 5. The molecule has 0 aliphatic carbocycles. The van der Waals surface area contributed by atoms with E-state index in [1.165, 1.54) is 11.8 Å². The first-order valence-corrected chi connectivity index (χ1v) is 10.7. The summed E-state index contributed by atoms with van der Waals surface area (Å²) in [5.41, 5.74) is 2.36. The van der Waals surface area contributed by atoms with E-state index in [9.17, 15) is 9.59 Å². The minimum atomic E-state index is -0.236. The van der Waals surface area contributed by atoms with Crippen LogP contribution in [0.5, 0.6) is 0 Å². The molecule has 0 saturated heterocycles. The van der Waals surface area contributed by atoms with Gasteiger partial charge in [0, 0.05) is 28.5 Å². The smallest absolute Gasteiger partial charge is 0.234 e. The lowest BCUT2D eigenvalue weighted by molar-refractivity contribution is -0.116. The van der Waals surface area contributed by atoms with Crippen LogP contribution in [0.1, 0.15) is 11.4 Å². The lowest BCUT2D eigenvalue weighted by atomic mass is 10.2. The number of nitrogens with zero attached hydrogens (tertiary/aromatic N) is 3. The summed E-state index contributed by atoms with van der Waals surface area (Å²) in [7, 11) is 1.76. The summed E-state index contributed by atoms with van der Waals surface area (Å²) in [5.74, 6) is 0.191. The Kier molecular flexibility index (Phi) is 7.36. The second kappa shape index (κ2) is 9.97. The number of aromatic nitrogens is 3. The monoisotopic (exact) mass is 463 g/mol. The summed E-state index contributed by atoms with van der Waals surface area (Å²) in [6, 6.07) is 12.4. The van der Waals surface area contributed by atoms with Gasteiger partial charge in [-0.1, -0.05) is 52.7 Å². The molecule has 2 aromatic carbocycles. The number of halogens is 2. The van der Waals surface area contributed by atoms with Crippen molar-refractivity contribution in [1.82, 2.24) is 14.8 Å². The zero-order valence-corrected chi connectivity index (χ0v) is 18.6. The molecular formula is C20H19Cl2N5O2S. The standard InChI is InChI=1S/C20H19Cl2N5O2S/c1-12-3-5-15(6-4-12)23-18(28)10-17-25-26-20(27(17)2)30-11-19(29)24-16-8-13(21)7-14(22)9-16/h3-9H,10-11H2,1-2H3,(H,23,28)(H,24,29). The fourth-order valence-electron chi connectivity index (χ4n) is 2.56. The third-order valence-corrected chi connectivity index (χ3v) is 5.51. The maximum Gasteiger partial charge on any atom is 0.234 e. The topological polar surface area (TPSA) is 88.9 Å². The fourth-order valence-corrected chi connectivity index (χ4v) is 3.82. The van der Waals surface area contributed by atoms with Crippen molar-refractivity contribution in [2.45, 2.75) is 18.5 Å². The van der Waals surface area contributed by atoms with Gasteiger partial charge in [-0.25, -0.2) is 0 Å². The van der Waals surface area contributed by atoms with Crippen molar-refractivity contribution >= 4 is 58.2 Å². The molecule has 10 heteroatoms. The Balaban J connectivity index is 1.53. The van der Waals surface area contributed by atoms with Gasteiger partial charge in [0.15, 0.2) is 5.16 Å². The van der Waals surface area contributed by atoms with Crippen LogP contribution in [0.25, 0.3) is 0 Å². The number of anilines is 2. The van der Waals surface area contributed by atoms with E-state index >= 15 is 0 Å². The van der Waals surface area contributed by atoms with E-state index in [1.54, 1.807) is 29.8 Å². The van der Waals surface area contributed by atoms with Gasteiger partial charge in [0.2, 0.25) is 11.8 Å². The van der Waals surface area contributed by atoms with Crippen LogP contribution in [0, 0.1) is 6.92 Å². The Labute approximate surface area is 188 Å². The van der Waals surface area contributed by atoms with Crippen molar-refractivity contribution in [3.05, 3.63) is 63.9 Å². The maximum absolute atomic E-state index is 12.3. The summed E-state index contributed by atoms with van der Waals surface area (Å²) >= 11 is 13.1. The Morgan fingerprint density at radius 2 is 1.60 bits per heavy atom. The summed E-state index contributed by atoms with van der Waals surface area (Å²) < 4.78 is 1.70. The van der Waals surface area contributed by atoms with E-state index in [2.05, 4.69) is 20.8 Å². The molecule has 0 bridgehead atoms. The molecule has 2 N–H and O–H groups in total. The van der Waals surface area contributed by atoms with Gasteiger partial charge in [-0.05, 0) is 37.3 Å². The molecule has 0 spiro atoms. The molecule has 2 amide bonds. The quantitative estimate of drug-likeness (QED) is 0.508. The molecule has 0 aliphatic heterocycles. The minimum Gasteiger partial charge on any atom is -0.326 e. The molecule has 30 heavy (non-hydrogen) atoms. The minimum absolute atomic E-state index is 0.0745. The summed E-state index contributed by atoms with van der Waals surface area (Å²) in [4.78, 5) is 24.5. The van der Waals surface area contributed by atoms with Crippen LogP contribution in [0.3, 0.4) is 0 Å². The van der Waals surface area contributed by atoms with Crippen molar-refractivity contribution in [3.63, 3.8) is 0 Å². The molecule has 0 aliphatic rings. The predicted molar refractivity (Wildman–Crippen MR) is 120 cm³/mol. The van der Waals surface area contributed by atoms with Crippen LogP contribution in [0.2, 0.25) is 10.0 Å². The van der Waals surface area contributed by atoms with Crippen LogP contribution in [0.15, 0.2) is 47.6 Å². The van der Waals surface area contributed by atoms with Crippen molar-refractivity contribution in [3.8, 4) is 0 Å². The number of amides is 2. The number of benzene rings is 2. The molecule has 0 atom stereocenters. The Morgan fingerprint density at radius 3 is 2.27 bits per heavy atom. The number of hydrogen-bond donors (Lipinski definition) is 2. The second-order valence-corrected chi connectivity index (χ2v) is 8.36. The van der Waals surface area contributed by atoms with Crippen LogP contribution in [-0.2, 0) is 23.1 Å². The number of thioether (sulfide) groups is 1. The van der Waals surface area contributed by atoms with Crippen LogP contribution < -0.4 is 10.6 Å². The predicted octanol–water partition coefficient (Wildman–Crippen LogP) is 4.34. The van der Waals surface area contributed by atoms with E-state index in [1.807, 2.05) is 31.2 Å². The molecule has 156 valence electrons. The Bertz CT molecular complexity index is 1050. The van der Waals surface area contributed by atoms with Gasteiger partial charge in [0.25, 0.3) is 0 Å². The summed E-state index contributed by atoms with van der Waals surface area (Å²) in [5, 5.41) is 15.1. The molecule has 7 nitrogen and oxygen atoms in total. The zero-order chi connectivity index (χ0) is 21.7. The van der Waals surface area contributed by atoms with Crippen LogP contribution in [-0.4, -0.2) is 32.3 Å². The Morgan fingerprint density at radius 1 is 0.967 bits per heavy atom. The number of aryl methyl sites for hydroxylation is 1. The van der Waals surface area contributed by atoms with Crippen molar-refractivity contribution in [2.75, 3.05) is 16.4 Å². The number of nitrogens with one attached hydrogen (secondary N) is 2. The first-order valence-electron chi connectivity index (χ1n) is 8.93. The SMILES string of the molecule is Cc1ccc(NC(=O)Cc2nnc(SCC(=O)Nc3cc(Cl)cc(Cl)c3)n2C)cc1. The normalized spacial score (nSPS) is 10.7. The highest BCUT2D eigenvalue weighted by Crippen LogP contribution is 2.23. The molecule has 0 unspecified atom stereocenters. The van der Waals surface area contributed by atoms with E-state index in [0.29, 0.717) is 26.7 Å². The van der Waals surface area contributed by atoms with Crippen molar-refractivity contribution in [1.29, 1.82) is 0 Å². The highest BCUT2D eigenvalue weighted by Gasteiger charge is 2.15. The lowest BCUT2D eigenvalue weighted by Gasteiger charge is -2.07. The van der Waals surface area contributed by atoms with Gasteiger partial charge in [-0.3, -0.25) is 9.59 Å². The molecule has 1 heterocycles. The second-order valence-electron chi connectivity index (χ2n) is 6.54. The van der Waals surface area contributed by atoms with E-state index in [-0.39, 0.29) is 24.0 Å². The third kappa shape index (κ3) is 6.22. The van der Waals surface area contributed by atoms with E-state index in [4.69, 9.17) is 23.2 Å². The van der Waals surface area contributed by atoms with Gasteiger partial charge in [0.1, 0.15) is 5.82 Å². The fraction of sp³-hybridized carbons (Fsp3) is 0.200. The molecular weight excluding hydrogens is 445 g/mol. The molecule has 0 saturated carbocycles. The first-order chi connectivity index (χ1) is 14.3. The molecule has 0 fully saturated rings. The van der Waals surface area contributed by atoms with Crippen LogP contribution in [0.4, 0.5) is 11.4 Å². The van der Waals surface area contributed by atoms with Gasteiger partial charge >= 0.3 is 0 Å². The third-order valence-electron chi connectivity index (χ3n) is 4.06. The first kappa shape index (κ1) is 22.1. The molecule has 3 aromatic rings. The summed E-state index contributed by atoms with van der Waals surface area (Å²) in [6.07, 6.45) is 0.0745. The highest BCUT2D eigenvalue weighted by atomic mass is 35.5. The zero-order valence-electron chi connectivity index (χ0n) is 16.3. The average molecular weight is 464 g/mol. The average Bonchev–Trinajstić information content (AvgIpc) is 3.01. The van der Waals surface area contributed by atoms with Gasteiger partial charge in [0.05, 0.1) is 12.2 Å². The van der Waals surface area contributed by atoms with E-state index in [0.717, 1.165) is 11.3 Å². The summed E-state index contributed by atoms with van der Waals surface area (Å²) in [6.45, 7) is 1.98. The van der Waals surface area contributed by atoms with Gasteiger partial charge < -0.3 is 15.2 Å². The van der Waals surface area contributed by atoms with Crippen molar-refractivity contribution < 1.29 is 9.59 Å². The highest BCUT2D eigenvalue weighted by molar-refractivity contribution is 7.99. The number of carbonyl (C=O) groups is 2. The van der Waals surface area contributed by atoms with E-state index < -0.39 is 0 Å². The van der Waals surface area contributed by atoms with Gasteiger partial charge in [-0.2, -0.15) is 0 Å². The number of rotatable bonds is 7. The Hall–Kier alpha value is -2.55. The maximum atomic E-state index is 12.3. The number of carbonyl (C=O) groups excluding carboxylic acids is 2. The lowest BCUT2D eigenvalue weighted by Crippen LogP contribution is -2.17. The largest absolute Gasteiger partial charge is 0.326 e. The molecule has 1 aromatic heterocycles. The van der Waals surface area contributed by atoms with Crippen molar-refractivity contribution in [2.24, 2.45) is 7.05 Å². The molecule has 0 radical (unpaired) electrons.